The molecule has 0 amide bonds. The van der Waals surface area contributed by atoms with Gasteiger partial charge in [-0.15, -0.1) is 0 Å². The molecule has 0 heterocycles. The topological polar surface area (TPSA) is 63.6 Å². The maximum Gasteiger partial charge on any atom is 0.391 e. The first kappa shape index (κ1) is 24.2. The number of carbonyl (C=O) groups excluding carboxylic acids is 1. The first-order chi connectivity index (χ1) is 13.3. The van der Waals surface area contributed by atoms with Crippen LogP contribution in [-0.2, 0) is 14.3 Å². The molecule has 4 nitrogen and oxygen atoms in total. The number of carbonyl (C=O) groups is 2. The number of hydrogen-bond donors (Lipinski definition) is 1. The predicted octanol–water partition coefficient (Wildman–Crippen LogP) is 5.64. The Bertz CT molecular complexity index is 567. The van der Waals surface area contributed by atoms with Gasteiger partial charge in [0.25, 0.3) is 0 Å². The van der Waals surface area contributed by atoms with Crippen molar-refractivity contribution in [2.45, 2.75) is 96.9 Å². The minimum Gasteiger partial charge on any atom is -0.479 e. The summed E-state index contributed by atoms with van der Waals surface area (Å²) in [5.74, 6) is -1.60. The quantitative estimate of drug-likeness (QED) is 0.579. The van der Waals surface area contributed by atoms with Crippen molar-refractivity contribution in [1.29, 1.82) is 0 Å². The van der Waals surface area contributed by atoms with Crippen molar-refractivity contribution < 1.29 is 32.6 Å². The largest absolute Gasteiger partial charge is 0.479 e. The summed E-state index contributed by atoms with van der Waals surface area (Å²) in [4.78, 5) is 23.9. The zero-order valence-electron chi connectivity index (χ0n) is 17.9. The molecule has 29 heavy (non-hydrogen) atoms. The fourth-order valence-corrected chi connectivity index (χ4v) is 5.13. The van der Waals surface area contributed by atoms with Gasteiger partial charge in [-0.1, -0.05) is 13.8 Å². The molecule has 0 aliphatic heterocycles. The first-order valence-electron chi connectivity index (χ1n) is 10.8. The summed E-state index contributed by atoms with van der Waals surface area (Å²) in [6.45, 7) is 7.25. The van der Waals surface area contributed by atoms with Crippen LogP contribution < -0.4 is 0 Å². The number of ether oxygens (including phenoxy) is 1. The van der Waals surface area contributed by atoms with E-state index in [0.29, 0.717) is 25.2 Å². The van der Waals surface area contributed by atoms with Crippen LogP contribution in [0.3, 0.4) is 0 Å². The Labute approximate surface area is 171 Å². The van der Waals surface area contributed by atoms with Crippen molar-refractivity contribution in [3.8, 4) is 0 Å². The minimum atomic E-state index is -4.14. The van der Waals surface area contributed by atoms with E-state index in [1.54, 1.807) is 13.8 Å². The molecule has 2 aliphatic carbocycles. The van der Waals surface area contributed by atoms with Gasteiger partial charge < -0.3 is 9.84 Å². The van der Waals surface area contributed by atoms with Crippen LogP contribution in [0.4, 0.5) is 13.2 Å². The number of rotatable bonds is 7. The van der Waals surface area contributed by atoms with Crippen LogP contribution in [0.1, 0.15) is 79.1 Å². The summed E-state index contributed by atoms with van der Waals surface area (Å²) in [5, 5.41) is 9.30. The lowest BCUT2D eigenvalue weighted by Crippen LogP contribution is -2.45. The summed E-state index contributed by atoms with van der Waals surface area (Å²) in [6.07, 6.45) is -0.522. The summed E-state index contributed by atoms with van der Waals surface area (Å²) < 4.78 is 44.3. The monoisotopic (exact) mass is 420 g/mol. The van der Waals surface area contributed by atoms with Gasteiger partial charge in [0.2, 0.25) is 0 Å². The van der Waals surface area contributed by atoms with Crippen molar-refractivity contribution in [3.63, 3.8) is 0 Å². The first-order valence-corrected chi connectivity index (χ1v) is 10.8. The highest BCUT2D eigenvalue weighted by Gasteiger charge is 2.43. The van der Waals surface area contributed by atoms with Crippen molar-refractivity contribution in [1.82, 2.24) is 0 Å². The highest BCUT2D eigenvalue weighted by molar-refractivity contribution is 5.81. The molecule has 2 fully saturated rings. The SMILES string of the molecule is CC1CC(CCC(=O)C2CCC(C(F)(F)F)CC2)CC(C)C1OC(C)(C)C(=O)O. The van der Waals surface area contributed by atoms with Crippen molar-refractivity contribution in [3.05, 3.63) is 0 Å². The molecule has 0 radical (unpaired) electrons. The highest BCUT2D eigenvalue weighted by Crippen LogP contribution is 2.42. The van der Waals surface area contributed by atoms with Gasteiger partial charge >= 0.3 is 12.1 Å². The van der Waals surface area contributed by atoms with Crippen LogP contribution in [0, 0.1) is 29.6 Å². The number of alkyl halides is 3. The van der Waals surface area contributed by atoms with Crippen LogP contribution >= 0.6 is 0 Å². The molecule has 7 heteroatoms. The van der Waals surface area contributed by atoms with Gasteiger partial charge in [0.05, 0.1) is 12.0 Å². The fourth-order valence-electron chi connectivity index (χ4n) is 5.13. The average molecular weight is 421 g/mol. The lowest BCUT2D eigenvalue weighted by atomic mass is 9.72. The molecule has 0 saturated heterocycles. The Kier molecular flexibility index (Phi) is 7.80. The van der Waals surface area contributed by atoms with E-state index < -0.39 is 23.7 Å². The van der Waals surface area contributed by atoms with Crippen molar-refractivity contribution >= 4 is 11.8 Å². The highest BCUT2D eigenvalue weighted by atomic mass is 19.4. The smallest absolute Gasteiger partial charge is 0.391 e. The Hall–Kier alpha value is -1.11. The van der Waals surface area contributed by atoms with Gasteiger partial charge in [-0.05, 0) is 76.5 Å². The molecule has 168 valence electrons. The Morgan fingerprint density at radius 2 is 1.52 bits per heavy atom. The number of aliphatic carboxylic acids is 1. The van der Waals surface area contributed by atoms with Crippen molar-refractivity contribution in [2.24, 2.45) is 29.6 Å². The second-order valence-corrected chi connectivity index (χ2v) is 9.79. The zero-order chi connectivity index (χ0) is 22.0. The number of Topliss-reactive ketones (excluding diaryl/α,β-unsaturated/α-hetero) is 1. The zero-order valence-corrected chi connectivity index (χ0v) is 17.9. The van der Waals surface area contributed by atoms with Gasteiger partial charge in [0, 0.05) is 12.3 Å². The van der Waals surface area contributed by atoms with Crippen LogP contribution in [0.5, 0.6) is 0 Å². The number of carboxylic acids is 1. The molecule has 0 spiro atoms. The molecule has 1 N–H and O–H groups in total. The predicted molar refractivity (Wildman–Crippen MR) is 103 cm³/mol. The lowest BCUT2D eigenvalue weighted by molar-refractivity contribution is -0.184. The van der Waals surface area contributed by atoms with Crippen molar-refractivity contribution in [2.75, 3.05) is 0 Å². The van der Waals surface area contributed by atoms with E-state index >= 15 is 0 Å². The summed E-state index contributed by atoms with van der Waals surface area (Å²) in [5.41, 5.74) is -1.23. The summed E-state index contributed by atoms with van der Waals surface area (Å²) in [7, 11) is 0. The molecule has 2 saturated carbocycles. The van der Waals surface area contributed by atoms with Gasteiger partial charge in [0.1, 0.15) is 5.78 Å². The third-order valence-corrected chi connectivity index (χ3v) is 6.92. The van der Waals surface area contributed by atoms with Crippen LogP contribution in [0.15, 0.2) is 0 Å². The molecule has 2 atom stereocenters. The van der Waals surface area contributed by atoms with Gasteiger partial charge in [0.15, 0.2) is 5.60 Å². The Balaban J connectivity index is 1.80. The van der Waals surface area contributed by atoms with E-state index in [2.05, 4.69) is 13.8 Å². The van der Waals surface area contributed by atoms with Gasteiger partial charge in [-0.2, -0.15) is 13.2 Å². The average Bonchev–Trinajstić information content (AvgIpc) is 2.62. The number of halogens is 3. The molecule has 0 aromatic carbocycles. The van der Waals surface area contributed by atoms with Gasteiger partial charge in [-0.25, -0.2) is 4.79 Å². The van der Waals surface area contributed by atoms with Crippen LogP contribution in [0.25, 0.3) is 0 Å². The lowest BCUT2D eigenvalue weighted by Gasteiger charge is -2.42. The number of hydrogen-bond acceptors (Lipinski definition) is 3. The molecular formula is C22H35F3O4. The standard InChI is InChI=1S/C22H35F3O4/c1-13-11-15(12-14(2)19(13)29-21(3,4)20(27)28)5-10-18(26)16-6-8-17(9-7-16)22(23,24)25/h13-17,19H,5-12H2,1-4H3,(H,27,28). The van der Waals surface area contributed by atoms with E-state index in [0.717, 1.165) is 19.3 Å². The normalized spacial score (nSPS) is 34.0. The third kappa shape index (κ3) is 6.43. The Morgan fingerprint density at radius 1 is 1.00 bits per heavy atom. The van der Waals surface area contributed by atoms with E-state index in [4.69, 9.17) is 4.74 Å². The van der Waals surface area contributed by atoms with E-state index in [1.165, 1.54) is 0 Å². The maximum atomic E-state index is 12.8. The number of ketones is 1. The van der Waals surface area contributed by atoms with Crippen LogP contribution in [-0.4, -0.2) is 34.7 Å². The minimum absolute atomic E-state index is 0.0653. The van der Waals surface area contributed by atoms with Crippen LogP contribution in [0.2, 0.25) is 0 Å². The molecule has 2 unspecified atom stereocenters. The molecule has 0 aromatic rings. The van der Waals surface area contributed by atoms with E-state index in [-0.39, 0.29) is 42.5 Å². The molecule has 2 rings (SSSR count). The molecule has 0 aromatic heterocycles. The molecular weight excluding hydrogens is 385 g/mol. The number of carboxylic acid groups (broad SMARTS) is 1. The van der Waals surface area contributed by atoms with E-state index in [9.17, 15) is 27.9 Å². The second-order valence-electron chi connectivity index (χ2n) is 9.79. The summed E-state index contributed by atoms with van der Waals surface area (Å²) in [6, 6.07) is 0. The van der Waals surface area contributed by atoms with Gasteiger partial charge in [-0.3, -0.25) is 4.79 Å². The molecule has 2 aliphatic rings. The second kappa shape index (κ2) is 9.36. The maximum absolute atomic E-state index is 12.8. The summed E-state index contributed by atoms with van der Waals surface area (Å²) >= 11 is 0. The third-order valence-electron chi connectivity index (χ3n) is 6.92. The molecule has 0 bridgehead atoms. The Morgan fingerprint density at radius 3 is 1.97 bits per heavy atom. The van der Waals surface area contributed by atoms with E-state index in [1.807, 2.05) is 0 Å². The fraction of sp³-hybridized carbons (Fsp3) is 0.909.